The Morgan fingerprint density at radius 1 is 1.44 bits per heavy atom. The van der Waals surface area contributed by atoms with E-state index in [1.165, 1.54) is 0 Å². The molecule has 0 aliphatic carbocycles. The lowest BCUT2D eigenvalue weighted by atomic mass is 9.90. The second kappa shape index (κ2) is 5.92. The zero-order valence-electron chi connectivity index (χ0n) is 10.5. The minimum absolute atomic E-state index is 0.0706. The maximum absolute atomic E-state index is 5.63. The molecule has 4 heteroatoms. The Labute approximate surface area is 97.5 Å². The Morgan fingerprint density at radius 3 is 2.62 bits per heavy atom. The highest BCUT2D eigenvalue weighted by atomic mass is 16.5. The zero-order valence-corrected chi connectivity index (χ0v) is 10.5. The molecule has 0 fully saturated rings. The first kappa shape index (κ1) is 13.1. The van der Waals surface area contributed by atoms with Crippen molar-refractivity contribution in [2.45, 2.75) is 38.8 Å². The smallest absolute Gasteiger partial charge is 0.0857 e. The third-order valence-corrected chi connectivity index (χ3v) is 3.07. The van der Waals surface area contributed by atoms with Gasteiger partial charge in [-0.3, -0.25) is 9.97 Å². The maximum atomic E-state index is 5.63. The van der Waals surface area contributed by atoms with E-state index in [0.29, 0.717) is 0 Å². The molecular weight excluding hydrogens is 202 g/mol. The Hall–Kier alpha value is -1.00. The van der Waals surface area contributed by atoms with Crippen molar-refractivity contribution >= 4 is 0 Å². The molecule has 2 atom stereocenters. The van der Waals surface area contributed by atoms with Crippen LogP contribution in [-0.4, -0.2) is 29.2 Å². The van der Waals surface area contributed by atoms with E-state index >= 15 is 0 Å². The average molecular weight is 223 g/mol. The zero-order chi connectivity index (χ0) is 12.0. The molecule has 0 saturated heterocycles. The molecule has 0 aliphatic rings. The van der Waals surface area contributed by atoms with Crippen LogP contribution in [0.15, 0.2) is 18.6 Å². The van der Waals surface area contributed by atoms with Gasteiger partial charge in [-0.05, 0) is 19.9 Å². The highest BCUT2D eigenvalue weighted by Crippen LogP contribution is 2.29. The van der Waals surface area contributed by atoms with Gasteiger partial charge in [0, 0.05) is 19.5 Å². The summed E-state index contributed by atoms with van der Waals surface area (Å²) in [5.41, 5.74) is 0.669. The number of hydrogen-bond donors (Lipinski definition) is 1. The molecule has 0 spiro atoms. The molecule has 2 unspecified atom stereocenters. The van der Waals surface area contributed by atoms with Gasteiger partial charge in [0.15, 0.2) is 0 Å². The summed E-state index contributed by atoms with van der Waals surface area (Å²) in [4.78, 5) is 8.47. The minimum Gasteiger partial charge on any atom is -0.376 e. The summed E-state index contributed by atoms with van der Waals surface area (Å²) in [5.74, 6) is 0. The SMILES string of the molecule is CCNC(c1cnccn1)C(C)(CC)OC. The molecule has 16 heavy (non-hydrogen) atoms. The number of aromatic nitrogens is 2. The van der Waals surface area contributed by atoms with E-state index in [1.54, 1.807) is 25.7 Å². The second-order valence-corrected chi connectivity index (χ2v) is 3.99. The third kappa shape index (κ3) is 2.77. The molecule has 1 aromatic rings. The number of ether oxygens (including phenoxy) is 1. The van der Waals surface area contributed by atoms with Crippen LogP contribution in [0.3, 0.4) is 0 Å². The molecule has 0 radical (unpaired) electrons. The minimum atomic E-state index is -0.258. The van der Waals surface area contributed by atoms with Crippen molar-refractivity contribution < 1.29 is 4.74 Å². The standard InChI is InChI=1S/C12H21N3O/c1-5-12(3,16-4)11(14-6-2)10-9-13-7-8-15-10/h7-9,11,14H,5-6H2,1-4H3. The van der Waals surface area contributed by atoms with E-state index in [1.807, 2.05) is 0 Å². The van der Waals surface area contributed by atoms with Gasteiger partial charge in [-0.2, -0.15) is 0 Å². The Morgan fingerprint density at radius 2 is 2.19 bits per heavy atom. The Kier molecular flexibility index (Phi) is 4.83. The summed E-state index contributed by atoms with van der Waals surface area (Å²) in [6.45, 7) is 7.16. The molecule has 0 aromatic carbocycles. The summed E-state index contributed by atoms with van der Waals surface area (Å²) in [7, 11) is 1.74. The largest absolute Gasteiger partial charge is 0.376 e. The maximum Gasteiger partial charge on any atom is 0.0857 e. The summed E-state index contributed by atoms with van der Waals surface area (Å²) < 4.78 is 5.63. The second-order valence-electron chi connectivity index (χ2n) is 3.99. The molecular formula is C12H21N3O. The van der Waals surface area contributed by atoms with E-state index in [4.69, 9.17) is 4.74 Å². The lowest BCUT2D eigenvalue weighted by Gasteiger charge is -2.35. The van der Waals surface area contributed by atoms with Gasteiger partial charge in [0.1, 0.15) is 0 Å². The Bertz CT molecular complexity index is 298. The molecule has 1 N–H and O–H groups in total. The van der Waals surface area contributed by atoms with Crippen molar-refractivity contribution in [2.24, 2.45) is 0 Å². The van der Waals surface area contributed by atoms with E-state index < -0.39 is 0 Å². The predicted octanol–water partition coefficient (Wildman–Crippen LogP) is 1.94. The highest BCUT2D eigenvalue weighted by Gasteiger charge is 2.34. The quantitative estimate of drug-likeness (QED) is 0.800. The van der Waals surface area contributed by atoms with Crippen LogP contribution in [0, 0.1) is 0 Å². The van der Waals surface area contributed by atoms with Gasteiger partial charge in [-0.1, -0.05) is 13.8 Å². The van der Waals surface area contributed by atoms with Crippen molar-refractivity contribution in [1.29, 1.82) is 0 Å². The fourth-order valence-electron chi connectivity index (χ4n) is 1.76. The molecule has 4 nitrogen and oxygen atoms in total. The van der Waals surface area contributed by atoms with Crippen LogP contribution in [0.4, 0.5) is 0 Å². The van der Waals surface area contributed by atoms with Crippen LogP contribution in [0.1, 0.15) is 38.9 Å². The molecule has 0 aliphatic heterocycles. The van der Waals surface area contributed by atoms with Crippen LogP contribution in [-0.2, 0) is 4.74 Å². The third-order valence-electron chi connectivity index (χ3n) is 3.07. The molecule has 1 aromatic heterocycles. The fraction of sp³-hybridized carbons (Fsp3) is 0.667. The molecule has 1 rings (SSSR count). The lowest BCUT2D eigenvalue weighted by Crippen LogP contribution is -2.43. The first-order valence-corrected chi connectivity index (χ1v) is 5.72. The van der Waals surface area contributed by atoms with Gasteiger partial charge >= 0.3 is 0 Å². The first-order valence-electron chi connectivity index (χ1n) is 5.72. The van der Waals surface area contributed by atoms with Crippen LogP contribution in [0.25, 0.3) is 0 Å². The van der Waals surface area contributed by atoms with E-state index in [-0.39, 0.29) is 11.6 Å². The monoisotopic (exact) mass is 223 g/mol. The normalized spacial score (nSPS) is 16.8. The van der Waals surface area contributed by atoms with Crippen LogP contribution >= 0.6 is 0 Å². The molecule has 0 bridgehead atoms. The number of likely N-dealkylation sites (N-methyl/N-ethyl adjacent to an activating group) is 1. The predicted molar refractivity (Wildman–Crippen MR) is 64.2 cm³/mol. The van der Waals surface area contributed by atoms with Gasteiger partial charge in [0.2, 0.25) is 0 Å². The summed E-state index contributed by atoms with van der Waals surface area (Å²) in [6, 6.07) is 0.0706. The lowest BCUT2D eigenvalue weighted by molar-refractivity contribution is -0.0307. The van der Waals surface area contributed by atoms with Gasteiger partial charge < -0.3 is 10.1 Å². The number of methoxy groups -OCH3 is 1. The molecule has 90 valence electrons. The van der Waals surface area contributed by atoms with Crippen molar-refractivity contribution in [1.82, 2.24) is 15.3 Å². The van der Waals surface area contributed by atoms with E-state index in [0.717, 1.165) is 18.7 Å². The summed E-state index contributed by atoms with van der Waals surface area (Å²) in [5, 5.41) is 3.41. The molecule has 0 saturated carbocycles. The number of hydrogen-bond acceptors (Lipinski definition) is 4. The first-order chi connectivity index (χ1) is 7.68. The van der Waals surface area contributed by atoms with Crippen molar-refractivity contribution in [3.63, 3.8) is 0 Å². The topological polar surface area (TPSA) is 47.0 Å². The highest BCUT2D eigenvalue weighted by molar-refractivity contribution is 5.09. The fourth-order valence-corrected chi connectivity index (χ4v) is 1.76. The van der Waals surface area contributed by atoms with Gasteiger partial charge in [-0.25, -0.2) is 0 Å². The Balaban J connectivity index is 2.99. The summed E-state index contributed by atoms with van der Waals surface area (Å²) in [6.07, 6.45) is 6.10. The van der Waals surface area contributed by atoms with Crippen LogP contribution < -0.4 is 5.32 Å². The number of nitrogens with zero attached hydrogens (tertiary/aromatic N) is 2. The van der Waals surface area contributed by atoms with Crippen LogP contribution in [0.5, 0.6) is 0 Å². The van der Waals surface area contributed by atoms with Crippen molar-refractivity contribution in [2.75, 3.05) is 13.7 Å². The number of rotatable bonds is 6. The van der Waals surface area contributed by atoms with Crippen molar-refractivity contribution in [3.05, 3.63) is 24.3 Å². The van der Waals surface area contributed by atoms with Crippen molar-refractivity contribution in [3.8, 4) is 0 Å². The van der Waals surface area contributed by atoms with Gasteiger partial charge in [0.05, 0.1) is 23.5 Å². The molecule has 0 amide bonds. The molecule has 1 heterocycles. The van der Waals surface area contributed by atoms with E-state index in [2.05, 4.69) is 36.1 Å². The van der Waals surface area contributed by atoms with Gasteiger partial charge in [0.25, 0.3) is 0 Å². The average Bonchev–Trinajstić information content (AvgIpc) is 2.36. The van der Waals surface area contributed by atoms with Gasteiger partial charge in [-0.15, -0.1) is 0 Å². The van der Waals surface area contributed by atoms with Crippen LogP contribution in [0.2, 0.25) is 0 Å². The number of nitrogens with one attached hydrogen (secondary N) is 1. The summed E-state index contributed by atoms with van der Waals surface area (Å²) >= 11 is 0. The van der Waals surface area contributed by atoms with E-state index in [9.17, 15) is 0 Å².